The molecule has 0 amide bonds. The zero-order valence-electron chi connectivity index (χ0n) is 9.90. The molecule has 1 saturated heterocycles. The van der Waals surface area contributed by atoms with Crippen molar-refractivity contribution in [2.24, 2.45) is 5.92 Å². The first-order valence-electron chi connectivity index (χ1n) is 5.95. The lowest BCUT2D eigenvalue weighted by Gasteiger charge is -2.30. The zero-order chi connectivity index (χ0) is 13.1. The standard InChI is InChI=1S/C13H15BrFNO2/c14-12-4-3-11(15)6-10(12)8-16-5-1-2-9(7-16)13(17)18/h3-4,6,9H,1-2,5,7-8H2,(H,17,18). The maximum atomic E-state index is 13.2. The van der Waals surface area contributed by atoms with E-state index in [0.717, 1.165) is 29.4 Å². The lowest BCUT2D eigenvalue weighted by atomic mass is 9.98. The highest BCUT2D eigenvalue weighted by Gasteiger charge is 2.25. The Morgan fingerprint density at radius 2 is 2.33 bits per heavy atom. The van der Waals surface area contributed by atoms with Crippen LogP contribution in [0.3, 0.4) is 0 Å². The van der Waals surface area contributed by atoms with Gasteiger partial charge in [0.25, 0.3) is 0 Å². The first-order valence-corrected chi connectivity index (χ1v) is 6.74. The van der Waals surface area contributed by atoms with Crippen molar-refractivity contribution in [3.63, 3.8) is 0 Å². The lowest BCUT2D eigenvalue weighted by Crippen LogP contribution is -2.38. The summed E-state index contributed by atoms with van der Waals surface area (Å²) in [6, 6.07) is 4.58. The first kappa shape index (κ1) is 13.5. The molecule has 0 aromatic heterocycles. The summed E-state index contributed by atoms with van der Waals surface area (Å²) in [5.41, 5.74) is 0.862. The summed E-state index contributed by atoms with van der Waals surface area (Å²) in [7, 11) is 0. The average Bonchev–Trinajstić information content (AvgIpc) is 2.34. The summed E-state index contributed by atoms with van der Waals surface area (Å²) in [6.07, 6.45) is 1.61. The van der Waals surface area contributed by atoms with E-state index in [4.69, 9.17) is 5.11 Å². The molecule has 3 nitrogen and oxygen atoms in total. The number of benzene rings is 1. The quantitative estimate of drug-likeness (QED) is 0.932. The lowest BCUT2D eigenvalue weighted by molar-refractivity contribution is -0.143. The first-order chi connectivity index (χ1) is 8.56. The van der Waals surface area contributed by atoms with Crippen molar-refractivity contribution in [1.82, 2.24) is 4.90 Å². The SMILES string of the molecule is O=C(O)C1CCCN(Cc2cc(F)ccc2Br)C1. The highest BCUT2D eigenvalue weighted by Crippen LogP contribution is 2.23. The second-order valence-electron chi connectivity index (χ2n) is 4.65. The number of hydrogen-bond donors (Lipinski definition) is 1. The van der Waals surface area contributed by atoms with Crippen LogP contribution in [0.2, 0.25) is 0 Å². The normalized spacial score (nSPS) is 20.9. The number of carboxylic acids is 1. The molecule has 1 heterocycles. The van der Waals surface area contributed by atoms with Gasteiger partial charge in [-0.15, -0.1) is 0 Å². The highest BCUT2D eigenvalue weighted by atomic mass is 79.9. The van der Waals surface area contributed by atoms with E-state index in [0.29, 0.717) is 13.1 Å². The molecule has 0 saturated carbocycles. The zero-order valence-corrected chi connectivity index (χ0v) is 11.5. The Kier molecular flexibility index (Phi) is 4.35. The predicted molar refractivity (Wildman–Crippen MR) is 69.7 cm³/mol. The summed E-state index contributed by atoms with van der Waals surface area (Å²) in [5.74, 6) is -1.30. The van der Waals surface area contributed by atoms with Gasteiger partial charge in [0.05, 0.1) is 5.92 Å². The van der Waals surface area contributed by atoms with Crippen molar-refractivity contribution < 1.29 is 14.3 Å². The molecule has 0 spiro atoms. The summed E-state index contributed by atoms with van der Waals surface area (Å²) in [4.78, 5) is 13.0. The van der Waals surface area contributed by atoms with E-state index in [1.54, 1.807) is 6.07 Å². The summed E-state index contributed by atoms with van der Waals surface area (Å²) >= 11 is 3.39. The molecule has 2 rings (SSSR count). The molecule has 18 heavy (non-hydrogen) atoms. The molecule has 1 atom stereocenters. The number of aliphatic carboxylic acids is 1. The molecule has 98 valence electrons. The van der Waals surface area contributed by atoms with Crippen molar-refractivity contribution in [3.8, 4) is 0 Å². The summed E-state index contributed by atoms with van der Waals surface area (Å²) < 4.78 is 14.0. The van der Waals surface area contributed by atoms with Crippen LogP contribution in [0, 0.1) is 11.7 Å². The maximum absolute atomic E-state index is 13.2. The molecule has 0 aliphatic carbocycles. The number of carbonyl (C=O) groups is 1. The molecule has 1 aliphatic heterocycles. The van der Waals surface area contributed by atoms with Crippen molar-refractivity contribution in [2.45, 2.75) is 19.4 Å². The van der Waals surface area contributed by atoms with E-state index < -0.39 is 5.97 Å². The van der Waals surface area contributed by atoms with Crippen LogP contribution < -0.4 is 0 Å². The van der Waals surface area contributed by atoms with Crippen LogP contribution in [-0.4, -0.2) is 29.1 Å². The number of carboxylic acid groups (broad SMARTS) is 1. The highest BCUT2D eigenvalue weighted by molar-refractivity contribution is 9.10. The number of nitrogens with zero attached hydrogens (tertiary/aromatic N) is 1. The molecule has 1 N–H and O–H groups in total. The van der Waals surface area contributed by atoms with E-state index in [1.807, 2.05) is 0 Å². The Labute approximate surface area is 114 Å². The topological polar surface area (TPSA) is 40.5 Å². The Hall–Kier alpha value is -0.940. The van der Waals surface area contributed by atoms with Gasteiger partial charge in [-0.05, 0) is 43.1 Å². The van der Waals surface area contributed by atoms with E-state index >= 15 is 0 Å². The predicted octanol–water partition coefficient (Wildman–Crippen LogP) is 2.88. The number of piperidine rings is 1. The third-order valence-electron chi connectivity index (χ3n) is 3.26. The number of rotatable bonds is 3. The van der Waals surface area contributed by atoms with Crippen molar-refractivity contribution >= 4 is 21.9 Å². The van der Waals surface area contributed by atoms with E-state index in [2.05, 4.69) is 20.8 Å². The number of hydrogen-bond acceptors (Lipinski definition) is 2. The second kappa shape index (κ2) is 5.80. The third-order valence-corrected chi connectivity index (χ3v) is 4.03. The van der Waals surface area contributed by atoms with E-state index in [9.17, 15) is 9.18 Å². The fourth-order valence-electron chi connectivity index (χ4n) is 2.31. The summed E-state index contributed by atoms with van der Waals surface area (Å²) in [5, 5.41) is 9.02. The molecule has 1 fully saturated rings. The van der Waals surface area contributed by atoms with Gasteiger partial charge in [-0.3, -0.25) is 9.69 Å². The molecule has 0 bridgehead atoms. The van der Waals surface area contributed by atoms with Crippen molar-refractivity contribution in [1.29, 1.82) is 0 Å². The van der Waals surface area contributed by atoms with Crippen molar-refractivity contribution in [2.75, 3.05) is 13.1 Å². The van der Waals surface area contributed by atoms with Gasteiger partial charge in [0, 0.05) is 17.6 Å². The summed E-state index contributed by atoms with van der Waals surface area (Å²) in [6.45, 7) is 1.99. The van der Waals surface area contributed by atoms with Gasteiger partial charge in [0.15, 0.2) is 0 Å². The monoisotopic (exact) mass is 315 g/mol. The molecule has 1 aliphatic rings. The van der Waals surface area contributed by atoms with Crippen LogP contribution in [0.25, 0.3) is 0 Å². The van der Waals surface area contributed by atoms with Crippen LogP contribution in [-0.2, 0) is 11.3 Å². The average molecular weight is 316 g/mol. The molecule has 1 aromatic carbocycles. The second-order valence-corrected chi connectivity index (χ2v) is 5.50. The molecule has 5 heteroatoms. The van der Waals surface area contributed by atoms with Gasteiger partial charge in [-0.1, -0.05) is 15.9 Å². The molecule has 1 unspecified atom stereocenters. The third kappa shape index (κ3) is 3.29. The van der Waals surface area contributed by atoms with Crippen LogP contribution in [0.1, 0.15) is 18.4 Å². The Morgan fingerprint density at radius 3 is 3.06 bits per heavy atom. The Balaban J connectivity index is 2.04. The Morgan fingerprint density at radius 1 is 1.56 bits per heavy atom. The van der Waals surface area contributed by atoms with E-state index in [1.165, 1.54) is 12.1 Å². The van der Waals surface area contributed by atoms with Gasteiger partial charge in [0.1, 0.15) is 5.82 Å². The van der Waals surface area contributed by atoms with Crippen LogP contribution in [0.5, 0.6) is 0 Å². The van der Waals surface area contributed by atoms with Gasteiger partial charge in [-0.2, -0.15) is 0 Å². The van der Waals surface area contributed by atoms with E-state index in [-0.39, 0.29) is 11.7 Å². The number of likely N-dealkylation sites (tertiary alicyclic amines) is 1. The molecular weight excluding hydrogens is 301 g/mol. The van der Waals surface area contributed by atoms with Gasteiger partial charge >= 0.3 is 5.97 Å². The molecular formula is C13H15BrFNO2. The Bertz CT molecular complexity index is 453. The minimum Gasteiger partial charge on any atom is -0.481 e. The minimum absolute atomic E-state index is 0.264. The molecule has 1 aromatic rings. The molecule has 0 radical (unpaired) electrons. The van der Waals surface area contributed by atoms with Gasteiger partial charge in [-0.25, -0.2) is 4.39 Å². The van der Waals surface area contributed by atoms with Crippen LogP contribution >= 0.6 is 15.9 Å². The van der Waals surface area contributed by atoms with Crippen molar-refractivity contribution in [3.05, 3.63) is 34.1 Å². The fraction of sp³-hybridized carbons (Fsp3) is 0.462. The largest absolute Gasteiger partial charge is 0.481 e. The van der Waals surface area contributed by atoms with Gasteiger partial charge in [0.2, 0.25) is 0 Å². The fourth-order valence-corrected chi connectivity index (χ4v) is 2.68. The number of halogens is 2. The van der Waals surface area contributed by atoms with Crippen LogP contribution in [0.15, 0.2) is 22.7 Å². The van der Waals surface area contributed by atoms with Crippen LogP contribution in [0.4, 0.5) is 4.39 Å². The van der Waals surface area contributed by atoms with Gasteiger partial charge < -0.3 is 5.11 Å². The maximum Gasteiger partial charge on any atom is 0.307 e. The smallest absolute Gasteiger partial charge is 0.307 e. The minimum atomic E-state index is -0.738.